The van der Waals surface area contributed by atoms with Crippen molar-refractivity contribution in [2.45, 2.75) is 50.3 Å². The molecule has 1 aromatic carbocycles. The van der Waals surface area contributed by atoms with Crippen molar-refractivity contribution in [2.24, 2.45) is 5.11 Å². The molecule has 2 aliphatic rings. The lowest BCUT2D eigenvalue weighted by Gasteiger charge is -2.43. The minimum atomic E-state index is -1.31. The number of benzene rings is 1. The summed E-state index contributed by atoms with van der Waals surface area (Å²) in [4.78, 5) is 2.82. The van der Waals surface area contributed by atoms with Gasteiger partial charge in [0.05, 0.1) is 25.4 Å². The SMILES string of the molecule is CC1(C)OC[C@]2(OC[C@H](N=[N+]=[N-])[C@@H](OCc3ccccc3)[C@@H]2O)O1. The molecule has 0 saturated carbocycles. The second-order valence-electron chi connectivity index (χ2n) is 6.39. The summed E-state index contributed by atoms with van der Waals surface area (Å²) in [7, 11) is 0. The Bertz CT molecular complexity index is 619. The van der Waals surface area contributed by atoms with Gasteiger partial charge in [0.2, 0.25) is 5.79 Å². The average molecular weight is 335 g/mol. The van der Waals surface area contributed by atoms with Crippen LogP contribution < -0.4 is 0 Å². The molecule has 1 N–H and O–H groups in total. The Morgan fingerprint density at radius 2 is 2.08 bits per heavy atom. The smallest absolute Gasteiger partial charge is 0.224 e. The summed E-state index contributed by atoms with van der Waals surface area (Å²) < 4.78 is 22.9. The highest BCUT2D eigenvalue weighted by Gasteiger charge is 2.58. The van der Waals surface area contributed by atoms with Gasteiger partial charge in [-0.1, -0.05) is 35.4 Å². The molecule has 24 heavy (non-hydrogen) atoms. The second-order valence-corrected chi connectivity index (χ2v) is 6.39. The maximum atomic E-state index is 10.8. The lowest BCUT2D eigenvalue weighted by molar-refractivity contribution is -0.328. The predicted molar refractivity (Wildman–Crippen MR) is 83.8 cm³/mol. The van der Waals surface area contributed by atoms with Gasteiger partial charge in [0.15, 0.2) is 5.79 Å². The fourth-order valence-electron chi connectivity index (χ4n) is 2.97. The molecule has 0 bridgehead atoms. The first-order valence-corrected chi connectivity index (χ1v) is 7.82. The van der Waals surface area contributed by atoms with E-state index in [4.69, 9.17) is 24.5 Å². The first-order valence-electron chi connectivity index (χ1n) is 7.82. The minimum Gasteiger partial charge on any atom is -0.385 e. The summed E-state index contributed by atoms with van der Waals surface area (Å²) in [6.45, 7) is 3.93. The van der Waals surface area contributed by atoms with E-state index in [1.54, 1.807) is 13.8 Å². The van der Waals surface area contributed by atoms with Crippen LogP contribution in [0.25, 0.3) is 10.4 Å². The molecule has 8 nitrogen and oxygen atoms in total. The zero-order chi connectivity index (χ0) is 17.2. The van der Waals surface area contributed by atoms with E-state index < -0.39 is 29.8 Å². The molecule has 0 aromatic heterocycles. The van der Waals surface area contributed by atoms with Crippen molar-refractivity contribution in [3.63, 3.8) is 0 Å². The molecule has 1 aromatic rings. The Hall–Kier alpha value is -1.67. The summed E-state index contributed by atoms with van der Waals surface area (Å²) >= 11 is 0. The Morgan fingerprint density at radius 3 is 2.71 bits per heavy atom. The van der Waals surface area contributed by atoms with Gasteiger partial charge in [-0.15, -0.1) is 0 Å². The number of aliphatic hydroxyl groups excluding tert-OH is 1. The van der Waals surface area contributed by atoms with Crippen LogP contribution in [0.15, 0.2) is 35.4 Å². The van der Waals surface area contributed by atoms with Crippen LogP contribution in [0.5, 0.6) is 0 Å². The molecule has 2 fully saturated rings. The highest BCUT2D eigenvalue weighted by atomic mass is 16.8. The molecular formula is C16H21N3O5. The van der Waals surface area contributed by atoms with Crippen LogP contribution in [-0.2, 0) is 25.6 Å². The van der Waals surface area contributed by atoms with E-state index in [1.165, 1.54) is 0 Å². The summed E-state index contributed by atoms with van der Waals surface area (Å²) in [5.74, 6) is -2.18. The van der Waals surface area contributed by atoms with Crippen LogP contribution in [-0.4, -0.2) is 48.1 Å². The van der Waals surface area contributed by atoms with Crippen molar-refractivity contribution in [2.75, 3.05) is 13.2 Å². The summed E-state index contributed by atoms with van der Waals surface area (Å²) in [5, 5.41) is 14.5. The van der Waals surface area contributed by atoms with Crippen LogP contribution in [0.2, 0.25) is 0 Å². The molecule has 2 aliphatic heterocycles. The van der Waals surface area contributed by atoms with Gasteiger partial charge in [-0.2, -0.15) is 0 Å². The van der Waals surface area contributed by atoms with Crippen molar-refractivity contribution in [3.8, 4) is 0 Å². The van der Waals surface area contributed by atoms with E-state index in [2.05, 4.69) is 10.0 Å². The number of aliphatic hydroxyl groups is 1. The molecule has 3 rings (SSSR count). The Kier molecular flexibility index (Phi) is 4.78. The van der Waals surface area contributed by atoms with Gasteiger partial charge in [-0.25, -0.2) is 0 Å². The summed E-state index contributed by atoms with van der Waals surface area (Å²) in [6.07, 6.45) is -1.90. The normalized spacial score (nSPS) is 34.9. The predicted octanol–water partition coefficient (Wildman–Crippen LogP) is 2.12. The number of ether oxygens (including phenoxy) is 4. The molecule has 0 amide bonds. The first kappa shape index (κ1) is 17.2. The number of hydrogen-bond acceptors (Lipinski definition) is 6. The van der Waals surface area contributed by atoms with E-state index in [0.29, 0.717) is 0 Å². The topological polar surface area (TPSA) is 106 Å². The number of hydrogen-bond donors (Lipinski definition) is 1. The molecular weight excluding hydrogens is 314 g/mol. The minimum absolute atomic E-state index is 0.0787. The standard InChI is InChI=1S/C16H21N3O5/c1-15(2)23-10-16(24-15)14(20)13(12(9-22-16)18-19-17)21-8-11-6-4-3-5-7-11/h3-7,12-14,20H,8-10H2,1-2H3/t12-,13+,14-,16-/m0/s1. The average Bonchev–Trinajstić information content (AvgIpc) is 2.88. The third-order valence-corrected chi connectivity index (χ3v) is 4.16. The molecule has 0 radical (unpaired) electrons. The fraction of sp³-hybridized carbons (Fsp3) is 0.625. The van der Waals surface area contributed by atoms with Crippen molar-refractivity contribution in [3.05, 3.63) is 46.3 Å². The highest BCUT2D eigenvalue weighted by Crippen LogP contribution is 2.40. The first-order chi connectivity index (χ1) is 11.5. The van der Waals surface area contributed by atoms with E-state index in [-0.39, 0.29) is 19.8 Å². The zero-order valence-electron chi connectivity index (χ0n) is 13.7. The van der Waals surface area contributed by atoms with Gasteiger partial charge >= 0.3 is 0 Å². The second kappa shape index (κ2) is 6.68. The van der Waals surface area contributed by atoms with Crippen molar-refractivity contribution in [1.29, 1.82) is 0 Å². The van der Waals surface area contributed by atoms with Gasteiger partial charge < -0.3 is 24.1 Å². The zero-order valence-corrected chi connectivity index (χ0v) is 13.7. The van der Waals surface area contributed by atoms with Gasteiger partial charge in [0.25, 0.3) is 0 Å². The van der Waals surface area contributed by atoms with Crippen LogP contribution in [0.4, 0.5) is 0 Å². The summed E-state index contributed by atoms with van der Waals surface area (Å²) in [6, 6.07) is 8.91. The van der Waals surface area contributed by atoms with Gasteiger partial charge in [-0.3, -0.25) is 0 Å². The molecule has 1 spiro atoms. The Balaban J connectivity index is 1.77. The van der Waals surface area contributed by atoms with Gasteiger partial charge in [-0.05, 0) is 24.9 Å². The number of nitrogens with zero attached hydrogens (tertiary/aromatic N) is 3. The summed E-state index contributed by atoms with van der Waals surface area (Å²) in [5.41, 5.74) is 9.71. The molecule has 130 valence electrons. The molecule has 2 saturated heterocycles. The van der Waals surface area contributed by atoms with E-state index in [9.17, 15) is 5.11 Å². The molecule has 4 atom stereocenters. The maximum Gasteiger partial charge on any atom is 0.224 e. The van der Waals surface area contributed by atoms with Crippen LogP contribution >= 0.6 is 0 Å². The van der Waals surface area contributed by atoms with E-state index in [1.807, 2.05) is 30.3 Å². The molecule has 8 heteroatoms. The van der Waals surface area contributed by atoms with Crippen LogP contribution in [0.1, 0.15) is 19.4 Å². The van der Waals surface area contributed by atoms with Crippen molar-refractivity contribution < 1.29 is 24.1 Å². The van der Waals surface area contributed by atoms with Crippen molar-refractivity contribution >= 4 is 0 Å². The molecule has 2 heterocycles. The Labute approximate surface area is 139 Å². The highest BCUT2D eigenvalue weighted by molar-refractivity contribution is 5.13. The largest absolute Gasteiger partial charge is 0.385 e. The third kappa shape index (κ3) is 3.39. The van der Waals surface area contributed by atoms with E-state index >= 15 is 0 Å². The number of rotatable bonds is 4. The number of azide groups is 1. The molecule has 0 unspecified atom stereocenters. The van der Waals surface area contributed by atoms with Crippen LogP contribution in [0.3, 0.4) is 0 Å². The third-order valence-electron chi connectivity index (χ3n) is 4.16. The maximum absolute atomic E-state index is 10.8. The van der Waals surface area contributed by atoms with Gasteiger partial charge in [0, 0.05) is 4.91 Å². The fourth-order valence-corrected chi connectivity index (χ4v) is 2.97. The van der Waals surface area contributed by atoms with Crippen molar-refractivity contribution in [1.82, 2.24) is 0 Å². The van der Waals surface area contributed by atoms with E-state index in [0.717, 1.165) is 5.56 Å². The molecule has 0 aliphatic carbocycles. The Morgan fingerprint density at radius 1 is 1.33 bits per heavy atom. The lowest BCUT2D eigenvalue weighted by atomic mass is 9.95. The van der Waals surface area contributed by atoms with Crippen LogP contribution in [0, 0.1) is 0 Å². The quantitative estimate of drug-likeness (QED) is 0.515. The van der Waals surface area contributed by atoms with Gasteiger partial charge in [0.1, 0.15) is 12.7 Å². The monoisotopic (exact) mass is 335 g/mol. The lowest BCUT2D eigenvalue weighted by Crippen LogP contribution is -2.62.